The predicted octanol–water partition coefficient (Wildman–Crippen LogP) is 0.613. The average Bonchev–Trinajstić information content (AvgIpc) is 2.57. The topological polar surface area (TPSA) is 63.4 Å². The van der Waals surface area contributed by atoms with Crippen LogP contribution in [0.4, 0.5) is 5.69 Å². The quantitative estimate of drug-likeness (QED) is 0.597. The number of amides is 1. The molecule has 1 fully saturated rings. The predicted molar refractivity (Wildman–Crippen MR) is 60.8 cm³/mol. The summed E-state index contributed by atoms with van der Waals surface area (Å²) in [5.41, 5.74) is 7.43. The number of carbonyl (C=O) groups is 2. The smallest absolute Gasteiger partial charge is 0.230 e. The van der Waals surface area contributed by atoms with Crippen LogP contribution in [0.2, 0.25) is 0 Å². The Morgan fingerprint density at radius 3 is 2.44 bits per heavy atom. The molecule has 1 saturated heterocycles. The fourth-order valence-corrected chi connectivity index (χ4v) is 1.79. The number of hydrogen-bond acceptors (Lipinski definition) is 3. The van der Waals surface area contributed by atoms with Gasteiger partial charge >= 0.3 is 0 Å². The Morgan fingerprint density at radius 2 is 1.88 bits per heavy atom. The van der Waals surface area contributed by atoms with E-state index in [4.69, 9.17) is 5.73 Å². The van der Waals surface area contributed by atoms with Gasteiger partial charge in [0, 0.05) is 12.2 Å². The Morgan fingerprint density at radius 1 is 1.19 bits per heavy atom. The van der Waals surface area contributed by atoms with Crippen molar-refractivity contribution in [1.82, 2.24) is 4.90 Å². The van der Waals surface area contributed by atoms with Crippen LogP contribution in [0.15, 0.2) is 24.3 Å². The van der Waals surface area contributed by atoms with Gasteiger partial charge in [-0.15, -0.1) is 0 Å². The van der Waals surface area contributed by atoms with Crippen LogP contribution in [-0.2, 0) is 16.0 Å². The van der Waals surface area contributed by atoms with E-state index in [0.29, 0.717) is 6.54 Å². The molecule has 1 amide bonds. The lowest BCUT2D eigenvalue weighted by molar-refractivity contribution is -0.127. The van der Waals surface area contributed by atoms with E-state index in [1.807, 2.05) is 24.3 Å². The van der Waals surface area contributed by atoms with Gasteiger partial charge in [-0.25, -0.2) is 0 Å². The lowest BCUT2D eigenvalue weighted by Gasteiger charge is -2.14. The van der Waals surface area contributed by atoms with E-state index in [2.05, 4.69) is 0 Å². The molecule has 4 nitrogen and oxygen atoms in total. The number of carbonyl (C=O) groups excluding carboxylic acids is 2. The SMILES string of the molecule is Nc1ccc(CCN2CC(=O)CC2=O)cc1. The maximum absolute atomic E-state index is 11.3. The Bertz CT molecular complexity index is 412. The van der Waals surface area contributed by atoms with E-state index in [1.165, 1.54) is 0 Å². The number of likely N-dealkylation sites (tertiary alicyclic amines) is 1. The Balaban J connectivity index is 1.90. The lowest BCUT2D eigenvalue weighted by Crippen LogP contribution is -2.27. The third-order valence-electron chi connectivity index (χ3n) is 2.72. The number of benzene rings is 1. The van der Waals surface area contributed by atoms with Gasteiger partial charge in [0.15, 0.2) is 5.78 Å². The van der Waals surface area contributed by atoms with Crippen LogP contribution < -0.4 is 5.73 Å². The number of nitrogens with two attached hydrogens (primary N) is 1. The van der Waals surface area contributed by atoms with E-state index < -0.39 is 0 Å². The summed E-state index contributed by atoms with van der Waals surface area (Å²) >= 11 is 0. The molecule has 4 heteroatoms. The van der Waals surface area contributed by atoms with Gasteiger partial charge in [0.2, 0.25) is 5.91 Å². The molecule has 0 unspecified atom stereocenters. The molecule has 84 valence electrons. The van der Waals surface area contributed by atoms with Gasteiger partial charge in [-0.05, 0) is 24.1 Å². The van der Waals surface area contributed by atoms with Crippen LogP contribution in [0.3, 0.4) is 0 Å². The lowest BCUT2D eigenvalue weighted by atomic mass is 10.1. The van der Waals surface area contributed by atoms with Crippen molar-refractivity contribution in [2.75, 3.05) is 18.8 Å². The molecule has 0 aromatic heterocycles. The molecule has 1 aliphatic heterocycles. The molecule has 2 rings (SSSR count). The molecular formula is C12H14N2O2. The van der Waals surface area contributed by atoms with Crippen molar-refractivity contribution in [1.29, 1.82) is 0 Å². The second-order valence-electron chi connectivity index (χ2n) is 4.02. The van der Waals surface area contributed by atoms with Crippen LogP contribution in [0.5, 0.6) is 0 Å². The average molecular weight is 218 g/mol. The molecule has 0 aliphatic carbocycles. The van der Waals surface area contributed by atoms with E-state index >= 15 is 0 Å². The molecular weight excluding hydrogens is 204 g/mol. The highest BCUT2D eigenvalue weighted by Gasteiger charge is 2.26. The fraction of sp³-hybridized carbons (Fsp3) is 0.333. The molecule has 0 radical (unpaired) electrons. The van der Waals surface area contributed by atoms with Gasteiger partial charge < -0.3 is 10.6 Å². The summed E-state index contributed by atoms with van der Waals surface area (Å²) in [6.07, 6.45) is 0.834. The first kappa shape index (κ1) is 10.7. The number of Topliss-reactive ketones (excluding diaryl/α,β-unsaturated/α-hetero) is 1. The Kier molecular flexibility index (Phi) is 2.90. The Hall–Kier alpha value is -1.84. The minimum atomic E-state index is -0.0551. The number of ketones is 1. The van der Waals surface area contributed by atoms with Crippen LogP contribution >= 0.6 is 0 Å². The first-order valence-electron chi connectivity index (χ1n) is 5.29. The van der Waals surface area contributed by atoms with Crippen LogP contribution in [0.25, 0.3) is 0 Å². The van der Waals surface area contributed by atoms with Gasteiger partial charge in [-0.1, -0.05) is 12.1 Å². The molecule has 16 heavy (non-hydrogen) atoms. The summed E-state index contributed by atoms with van der Waals surface area (Å²) in [6.45, 7) is 0.877. The zero-order valence-electron chi connectivity index (χ0n) is 8.98. The zero-order chi connectivity index (χ0) is 11.5. The molecule has 0 spiro atoms. The third kappa shape index (κ3) is 2.39. The van der Waals surface area contributed by atoms with Crippen molar-refractivity contribution in [2.24, 2.45) is 0 Å². The minimum Gasteiger partial charge on any atom is -0.399 e. The summed E-state index contributed by atoms with van der Waals surface area (Å²) in [6, 6.07) is 7.56. The van der Waals surface area contributed by atoms with Gasteiger partial charge in [-0.3, -0.25) is 9.59 Å². The maximum atomic E-state index is 11.3. The van der Waals surface area contributed by atoms with Crippen LogP contribution in [0, 0.1) is 0 Å². The van der Waals surface area contributed by atoms with Crippen molar-refractivity contribution in [3.8, 4) is 0 Å². The van der Waals surface area contributed by atoms with Crippen molar-refractivity contribution in [3.05, 3.63) is 29.8 Å². The van der Waals surface area contributed by atoms with E-state index in [9.17, 15) is 9.59 Å². The minimum absolute atomic E-state index is 0.0160. The zero-order valence-corrected chi connectivity index (χ0v) is 8.98. The van der Waals surface area contributed by atoms with Crippen molar-refractivity contribution in [2.45, 2.75) is 12.8 Å². The largest absolute Gasteiger partial charge is 0.399 e. The van der Waals surface area contributed by atoms with Crippen molar-refractivity contribution >= 4 is 17.4 Å². The first-order chi connectivity index (χ1) is 7.65. The molecule has 1 aromatic rings. The van der Waals surface area contributed by atoms with E-state index in [0.717, 1.165) is 17.7 Å². The van der Waals surface area contributed by atoms with Crippen LogP contribution in [0.1, 0.15) is 12.0 Å². The molecule has 0 saturated carbocycles. The summed E-state index contributed by atoms with van der Waals surface area (Å²) < 4.78 is 0. The van der Waals surface area contributed by atoms with Gasteiger partial charge in [0.25, 0.3) is 0 Å². The maximum Gasteiger partial charge on any atom is 0.230 e. The fourth-order valence-electron chi connectivity index (χ4n) is 1.79. The highest BCUT2D eigenvalue weighted by molar-refractivity contribution is 6.05. The second kappa shape index (κ2) is 4.35. The van der Waals surface area contributed by atoms with Crippen molar-refractivity contribution < 1.29 is 9.59 Å². The number of nitrogens with zero attached hydrogens (tertiary/aromatic N) is 1. The summed E-state index contributed by atoms with van der Waals surface area (Å²) in [7, 11) is 0. The number of hydrogen-bond donors (Lipinski definition) is 1. The standard InChI is InChI=1S/C12H14N2O2/c13-10-3-1-9(2-4-10)5-6-14-8-11(15)7-12(14)16/h1-4H,5-8,13H2. The number of rotatable bonds is 3. The molecule has 0 atom stereocenters. The molecule has 0 bridgehead atoms. The van der Waals surface area contributed by atoms with Gasteiger partial charge in [0.05, 0.1) is 13.0 Å². The third-order valence-corrected chi connectivity index (χ3v) is 2.72. The molecule has 2 N–H and O–H groups in total. The number of nitrogen functional groups attached to an aromatic ring is 1. The van der Waals surface area contributed by atoms with E-state index in [1.54, 1.807) is 4.90 Å². The summed E-state index contributed by atoms with van der Waals surface area (Å²) in [4.78, 5) is 24.0. The normalized spacial score (nSPS) is 15.9. The molecule has 1 aliphatic rings. The van der Waals surface area contributed by atoms with Gasteiger partial charge in [0.1, 0.15) is 0 Å². The molecule has 1 heterocycles. The van der Waals surface area contributed by atoms with Crippen molar-refractivity contribution in [3.63, 3.8) is 0 Å². The first-order valence-corrected chi connectivity index (χ1v) is 5.29. The summed E-state index contributed by atoms with van der Waals surface area (Å²) in [5, 5.41) is 0. The van der Waals surface area contributed by atoms with Crippen LogP contribution in [-0.4, -0.2) is 29.7 Å². The Labute approximate surface area is 94.0 Å². The number of anilines is 1. The highest BCUT2D eigenvalue weighted by Crippen LogP contribution is 2.10. The monoisotopic (exact) mass is 218 g/mol. The molecule has 1 aromatic carbocycles. The second-order valence-corrected chi connectivity index (χ2v) is 4.02. The summed E-state index contributed by atoms with van der Waals surface area (Å²) in [5.74, 6) is -0.0391. The van der Waals surface area contributed by atoms with E-state index in [-0.39, 0.29) is 24.7 Å². The highest BCUT2D eigenvalue weighted by atomic mass is 16.2. The van der Waals surface area contributed by atoms with Gasteiger partial charge in [-0.2, -0.15) is 0 Å².